The lowest BCUT2D eigenvalue weighted by Gasteiger charge is -1.97. The minimum absolute atomic E-state index is 0.0625. The van der Waals surface area contributed by atoms with Crippen LogP contribution in [0, 0.1) is 11.6 Å². The topological polar surface area (TPSA) is 36.0 Å². The van der Waals surface area contributed by atoms with Gasteiger partial charge in [-0.15, -0.1) is 0 Å². The first-order valence-electron chi connectivity index (χ1n) is 3.34. The van der Waals surface area contributed by atoms with Gasteiger partial charge in [0.05, 0.1) is 5.52 Å². The molecular formula is C8H5F2NO. The molecule has 1 aromatic heterocycles. The highest BCUT2D eigenvalue weighted by atomic mass is 19.1. The Morgan fingerprint density at radius 2 is 2.08 bits per heavy atom. The zero-order valence-corrected chi connectivity index (χ0v) is 5.94. The standard InChI is InChI=1S/C8H5F2NO/c9-5-3-6(12)7(10)4-1-2-11-8(4)5/h1-3,11-12H. The molecule has 0 saturated heterocycles. The highest BCUT2D eigenvalue weighted by molar-refractivity contribution is 5.82. The molecule has 0 bridgehead atoms. The molecule has 0 aliphatic heterocycles. The summed E-state index contributed by atoms with van der Waals surface area (Å²) in [4.78, 5) is 2.53. The molecule has 0 saturated carbocycles. The Hall–Kier alpha value is -1.58. The van der Waals surface area contributed by atoms with Crippen molar-refractivity contribution in [2.24, 2.45) is 0 Å². The van der Waals surface area contributed by atoms with Gasteiger partial charge >= 0.3 is 0 Å². The quantitative estimate of drug-likeness (QED) is 0.622. The van der Waals surface area contributed by atoms with Crippen molar-refractivity contribution < 1.29 is 13.9 Å². The van der Waals surface area contributed by atoms with Crippen molar-refractivity contribution in [1.82, 2.24) is 4.98 Å². The average molecular weight is 169 g/mol. The molecule has 2 N–H and O–H groups in total. The first kappa shape index (κ1) is 7.09. The predicted octanol–water partition coefficient (Wildman–Crippen LogP) is 2.15. The summed E-state index contributed by atoms with van der Waals surface area (Å²) >= 11 is 0. The Morgan fingerprint density at radius 3 is 2.83 bits per heavy atom. The van der Waals surface area contributed by atoms with Gasteiger partial charge in [0.15, 0.2) is 17.4 Å². The number of phenols is 1. The second kappa shape index (κ2) is 2.20. The molecule has 2 rings (SSSR count). The zero-order chi connectivity index (χ0) is 8.72. The van der Waals surface area contributed by atoms with E-state index >= 15 is 0 Å². The number of nitrogens with one attached hydrogen (secondary N) is 1. The third-order valence-corrected chi connectivity index (χ3v) is 1.71. The Morgan fingerprint density at radius 1 is 1.33 bits per heavy atom. The molecule has 0 radical (unpaired) electrons. The molecule has 0 unspecified atom stereocenters. The average Bonchev–Trinajstić information content (AvgIpc) is 2.48. The number of phenolic OH excluding ortho intramolecular Hbond substituents is 1. The van der Waals surface area contributed by atoms with Gasteiger partial charge in [0.1, 0.15) is 0 Å². The monoisotopic (exact) mass is 169 g/mol. The molecule has 2 aromatic rings. The van der Waals surface area contributed by atoms with Gasteiger partial charge in [-0.05, 0) is 6.07 Å². The van der Waals surface area contributed by atoms with Gasteiger partial charge in [0.2, 0.25) is 0 Å². The number of halogens is 2. The summed E-state index contributed by atoms with van der Waals surface area (Å²) < 4.78 is 25.9. The summed E-state index contributed by atoms with van der Waals surface area (Å²) in [6.07, 6.45) is 1.41. The van der Waals surface area contributed by atoms with Crippen LogP contribution in [-0.2, 0) is 0 Å². The fourth-order valence-corrected chi connectivity index (χ4v) is 1.14. The van der Waals surface area contributed by atoms with E-state index in [0.29, 0.717) is 0 Å². The Labute approximate surface area is 66.4 Å². The van der Waals surface area contributed by atoms with Crippen LogP contribution in [0.2, 0.25) is 0 Å². The maximum atomic E-state index is 13.0. The molecule has 0 amide bonds. The molecule has 0 aliphatic carbocycles. The highest BCUT2D eigenvalue weighted by Gasteiger charge is 2.11. The molecule has 62 valence electrons. The summed E-state index contributed by atoms with van der Waals surface area (Å²) in [6, 6.07) is 2.11. The van der Waals surface area contributed by atoms with Crippen LogP contribution < -0.4 is 0 Å². The van der Waals surface area contributed by atoms with Crippen LogP contribution >= 0.6 is 0 Å². The highest BCUT2D eigenvalue weighted by Crippen LogP contribution is 2.26. The molecule has 4 heteroatoms. The van der Waals surface area contributed by atoms with Gasteiger partial charge in [-0.2, -0.15) is 0 Å². The SMILES string of the molecule is Oc1cc(F)c2[nH]ccc2c1F. The molecule has 2 nitrogen and oxygen atoms in total. The third kappa shape index (κ3) is 0.777. The molecule has 1 heterocycles. The number of aromatic amines is 1. The summed E-state index contributed by atoms with van der Waals surface area (Å²) in [5.41, 5.74) is 0.0744. The molecule has 0 spiro atoms. The minimum atomic E-state index is -0.798. The van der Waals surface area contributed by atoms with Gasteiger partial charge in [-0.25, -0.2) is 8.78 Å². The molecule has 12 heavy (non-hydrogen) atoms. The van der Waals surface area contributed by atoms with Crippen LogP contribution in [0.3, 0.4) is 0 Å². The van der Waals surface area contributed by atoms with E-state index in [4.69, 9.17) is 5.11 Å². The zero-order valence-electron chi connectivity index (χ0n) is 5.94. The van der Waals surface area contributed by atoms with Crippen LogP contribution in [0.15, 0.2) is 18.3 Å². The van der Waals surface area contributed by atoms with Gasteiger partial charge in [0, 0.05) is 17.6 Å². The maximum Gasteiger partial charge on any atom is 0.174 e. The number of benzene rings is 1. The number of H-pyrrole nitrogens is 1. The van der Waals surface area contributed by atoms with E-state index in [9.17, 15) is 8.78 Å². The summed E-state index contributed by atoms with van der Waals surface area (Å²) in [7, 11) is 0. The lowest BCUT2D eigenvalue weighted by Crippen LogP contribution is -1.83. The van der Waals surface area contributed by atoms with Gasteiger partial charge < -0.3 is 10.1 Å². The van der Waals surface area contributed by atoms with E-state index in [1.165, 1.54) is 12.3 Å². The summed E-state index contributed by atoms with van der Waals surface area (Å²) in [6.45, 7) is 0. The van der Waals surface area contributed by atoms with Crippen LogP contribution in [0.1, 0.15) is 0 Å². The van der Waals surface area contributed by atoms with E-state index in [2.05, 4.69) is 4.98 Å². The van der Waals surface area contributed by atoms with Crippen LogP contribution in [0.25, 0.3) is 10.9 Å². The van der Waals surface area contributed by atoms with Crippen molar-refractivity contribution in [3.8, 4) is 5.75 Å². The van der Waals surface area contributed by atoms with E-state index < -0.39 is 17.4 Å². The van der Waals surface area contributed by atoms with Crippen molar-refractivity contribution in [3.05, 3.63) is 30.0 Å². The number of fused-ring (bicyclic) bond motifs is 1. The van der Waals surface area contributed by atoms with E-state index in [-0.39, 0.29) is 10.9 Å². The second-order valence-electron chi connectivity index (χ2n) is 2.46. The number of rotatable bonds is 0. The molecular weight excluding hydrogens is 164 g/mol. The smallest absolute Gasteiger partial charge is 0.174 e. The first-order valence-corrected chi connectivity index (χ1v) is 3.34. The van der Waals surface area contributed by atoms with E-state index in [0.717, 1.165) is 6.07 Å². The Balaban J connectivity index is 2.97. The van der Waals surface area contributed by atoms with E-state index in [1.54, 1.807) is 0 Å². The summed E-state index contributed by atoms with van der Waals surface area (Å²) in [5, 5.41) is 8.95. The minimum Gasteiger partial charge on any atom is -0.505 e. The normalized spacial score (nSPS) is 10.8. The number of hydrogen-bond donors (Lipinski definition) is 2. The number of aromatic nitrogens is 1. The third-order valence-electron chi connectivity index (χ3n) is 1.71. The van der Waals surface area contributed by atoms with Crippen molar-refractivity contribution >= 4 is 10.9 Å². The largest absolute Gasteiger partial charge is 0.505 e. The van der Waals surface area contributed by atoms with Gasteiger partial charge in [0.25, 0.3) is 0 Å². The lowest BCUT2D eigenvalue weighted by atomic mass is 10.2. The molecule has 0 fully saturated rings. The van der Waals surface area contributed by atoms with Crippen molar-refractivity contribution in [1.29, 1.82) is 0 Å². The maximum absolute atomic E-state index is 13.0. The first-order chi connectivity index (χ1) is 5.70. The van der Waals surface area contributed by atoms with Gasteiger partial charge in [-0.3, -0.25) is 0 Å². The molecule has 1 aromatic carbocycles. The van der Waals surface area contributed by atoms with Gasteiger partial charge in [-0.1, -0.05) is 0 Å². The fourth-order valence-electron chi connectivity index (χ4n) is 1.14. The Kier molecular flexibility index (Phi) is 1.30. The fraction of sp³-hybridized carbons (Fsp3) is 0. The van der Waals surface area contributed by atoms with Crippen molar-refractivity contribution in [2.75, 3.05) is 0 Å². The number of hydrogen-bond acceptors (Lipinski definition) is 1. The van der Waals surface area contributed by atoms with Crippen LogP contribution in [0.4, 0.5) is 8.78 Å². The van der Waals surface area contributed by atoms with E-state index in [1.807, 2.05) is 0 Å². The second-order valence-corrected chi connectivity index (χ2v) is 2.46. The molecule has 0 atom stereocenters. The Bertz CT molecular complexity index is 436. The summed E-state index contributed by atoms with van der Waals surface area (Å²) in [5.74, 6) is -2.12. The van der Waals surface area contributed by atoms with Crippen LogP contribution in [0.5, 0.6) is 5.75 Å². The lowest BCUT2D eigenvalue weighted by molar-refractivity contribution is 0.431. The van der Waals surface area contributed by atoms with Crippen molar-refractivity contribution in [2.45, 2.75) is 0 Å². The predicted molar refractivity (Wildman–Crippen MR) is 39.9 cm³/mol. The number of aromatic hydroxyl groups is 1. The van der Waals surface area contributed by atoms with Crippen LogP contribution in [-0.4, -0.2) is 10.1 Å². The molecule has 0 aliphatic rings. The van der Waals surface area contributed by atoms with Crippen molar-refractivity contribution in [3.63, 3.8) is 0 Å².